The highest BCUT2D eigenvalue weighted by atomic mass is 16.4. The summed E-state index contributed by atoms with van der Waals surface area (Å²) in [6.07, 6.45) is 6.27. The lowest BCUT2D eigenvalue weighted by atomic mass is 9.82. The maximum absolute atomic E-state index is 11.4. The molecule has 2 aromatic carbocycles. The van der Waals surface area contributed by atoms with Crippen LogP contribution in [0.3, 0.4) is 0 Å². The molecule has 0 saturated heterocycles. The van der Waals surface area contributed by atoms with Crippen LogP contribution >= 0.6 is 0 Å². The maximum atomic E-state index is 11.4. The average molecular weight is 412 g/mol. The van der Waals surface area contributed by atoms with Crippen molar-refractivity contribution in [2.45, 2.75) is 25.2 Å². The molecule has 0 spiro atoms. The number of anilines is 3. The molecule has 0 saturated carbocycles. The van der Waals surface area contributed by atoms with Crippen LogP contribution in [0.15, 0.2) is 60.9 Å². The van der Waals surface area contributed by atoms with Crippen molar-refractivity contribution < 1.29 is 9.90 Å². The normalized spacial score (nSPS) is 14.9. The van der Waals surface area contributed by atoms with Crippen molar-refractivity contribution >= 4 is 23.0 Å². The summed E-state index contributed by atoms with van der Waals surface area (Å²) in [5, 5.41) is 21.7. The number of benzene rings is 2. The van der Waals surface area contributed by atoms with Crippen molar-refractivity contribution in [1.82, 2.24) is 4.98 Å². The van der Waals surface area contributed by atoms with Crippen molar-refractivity contribution in [2.75, 3.05) is 23.8 Å². The van der Waals surface area contributed by atoms with Gasteiger partial charge >= 0.3 is 5.97 Å². The molecule has 1 aliphatic carbocycles. The number of hydrogen-bond donors (Lipinski definition) is 2. The number of nitrogens with one attached hydrogen (secondary N) is 1. The number of fused-ring (bicyclic) bond motifs is 1. The number of nitrogens with zero attached hydrogens (tertiary/aromatic N) is 3. The number of nitriles is 1. The summed E-state index contributed by atoms with van der Waals surface area (Å²) >= 11 is 0. The Morgan fingerprint density at radius 2 is 2.00 bits per heavy atom. The van der Waals surface area contributed by atoms with Crippen LogP contribution in [0.4, 0.5) is 17.1 Å². The molecule has 0 fully saturated rings. The van der Waals surface area contributed by atoms with E-state index in [1.54, 1.807) is 6.20 Å². The van der Waals surface area contributed by atoms with Crippen molar-refractivity contribution in [3.63, 3.8) is 0 Å². The summed E-state index contributed by atoms with van der Waals surface area (Å²) in [6.45, 7) is 0.670. The summed E-state index contributed by atoms with van der Waals surface area (Å²) in [4.78, 5) is 17.6. The Hall–Kier alpha value is -3.85. The van der Waals surface area contributed by atoms with Gasteiger partial charge in [-0.3, -0.25) is 4.98 Å². The zero-order chi connectivity index (χ0) is 21.8. The molecule has 0 bridgehead atoms. The molecule has 31 heavy (non-hydrogen) atoms. The summed E-state index contributed by atoms with van der Waals surface area (Å²) in [5.74, 6) is -0.635. The third-order valence-corrected chi connectivity index (χ3v) is 5.93. The lowest BCUT2D eigenvalue weighted by Crippen LogP contribution is -2.20. The summed E-state index contributed by atoms with van der Waals surface area (Å²) in [6, 6.07) is 17.8. The van der Waals surface area contributed by atoms with E-state index in [0.29, 0.717) is 23.7 Å². The van der Waals surface area contributed by atoms with E-state index in [4.69, 9.17) is 5.26 Å². The van der Waals surface area contributed by atoms with Crippen LogP contribution in [-0.2, 0) is 6.42 Å². The van der Waals surface area contributed by atoms with E-state index in [2.05, 4.69) is 39.5 Å². The minimum atomic E-state index is -0.954. The highest BCUT2D eigenvalue weighted by molar-refractivity contribution is 5.93. The van der Waals surface area contributed by atoms with Gasteiger partial charge in [0.1, 0.15) is 0 Å². The van der Waals surface area contributed by atoms with Gasteiger partial charge in [0, 0.05) is 37.1 Å². The minimum Gasteiger partial charge on any atom is -0.478 e. The molecule has 0 aliphatic heterocycles. The van der Waals surface area contributed by atoms with Gasteiger partial charge in [-0.25, -0.2) is 4.79 Å². The van der Waals surface area contributed by atoms with Crippen LogP contribution in [-0.4, -0.2) is 29.7 Å². The number of hydrogen-bond acceptors (Lipinski definition) is 5. The maximum Gasteiger partial charge on any atom is 0.337 e. The second-order valence-corrected chi connectivity index (χ2v) is 7.80. The Kier molecular flexibility index (Phi) is 5.85. The fourth-order valence-corrected chi connectivity index (χ4v) is 4.19. The van der Waals surface area contributed by atoms with E-state index >= 15 is 0 Å². The Bertz CT molecular complexity index is 1140. The number of aromatic carboxylic acids is 1. The van der Waals surface area contributed by atoms with Gasteiger partial charge in [-0.2, -0.15) is 5.26 Å². The summed E-state index contributed by atoms with van der Waals surface area (Å²) < 4.78 is 0. The Morgan fingerprint density at radius 1 is 1.23 bits per heavy atom. The topological polar surface area (TPSA) is 89.3 Å². The molecule has 156 valence electrons. The van der Waals surface area contributed by atoms with Crippen molar-refractivity contribution in [3.05, 3.63) is 83.2 Å². The number of carboxylic acids is 1. The Labute approximate surface area is 181 Å². The third-order valence-electron chi connectivity index (χ3n) is 5.93. The SMILES string of the molecule is CN(c1ccc(C#N)cc1)c1ccc2c(c1)CCC[C@H]2CNc1cnccc1C(=O)O. The molecular formula is C25H24N4O2. The number of carboxylic acid groups (broad SMARTS) is 1. The highest BCUT2D eigenvalue weighted by Gasteiger charge is 2.22. The number of carbonyl (C=O) groups is 1. The van der Waals surface area contributed by atoms with Crippen molar-refractivity contribution in [3.8, 4) is 6.07 Å². The zero-order valence-corrected chi connectivity index (χ0v) is 17.4. The first-order valence-corrected chi connectivity index (χ1v) is 10.3. The Balaban J connectivity index is 1.52. The molecule has 4 rings (SSSR count). The van der Waals surface area contributed by atoms with Gasteiger partial charge in [-0.1, -0.05) is 6.07 Å². The molecule has 3 aromatic rings. The van der Waals surface area contributed by atoms with E-state index in [0.717, 1.165) is 30.6 Å². The van der Waals surface area contributed by atoms with Gasteiger partial charge in [0.2, 0.25) is 0 Å². The molecule has 6 nitrogen and oxygen atoms in total. The molecule has 1 atom stereocenters. The quantitative estimate of drug-likeness (QED) is 0.595. The number of aryl methyl sites for hydroxylation is 1. The predicted molar refractivity (Wildman–Crippen MR) is 121 cm³/mol. The highest BCUT2D eigenvalue weighted by Crippen LogP contribution is 2.35. The molecule has 0 unspecified atom stereocenters. The molecule has 6 heteroatoms. The molecule has 0 amide bonds. The standard InChI is InChI=1S/C25H24N4O2/c1-29(20-7-5-17(14-26)6-8-20)21-9-10-22-18(13-21)3-2-4-19(22)15-28-24-16-27-12-11-23(24)25(30)31/h5-13,16,19,28H,2-4,15H2,1H3,(H,30,31)/t19-/m0/s1. The van der Waals surface area contributed by atoms with Gasteiger partial charge in [-0.15, -0.1) is 0 Å². The molecule has 1 aliphatic rings. The van der Waals surface area contributed by atoms with Crippen molar-refractivity contribution in [1.29, 1.82) is 5.26 Å². The fourth-order valence-electron chi connectivity index (χ4n) is 4.19. The second kappa shape index (κ2) is 8.88. The van der Waals surface area contributed by atoms with E-state index in [1.807, 2.05) is 31.3 Å². The van der Waals surface area contributed by atoms with Crippen LogP contribution in [0.2, 0.25) is 0 Å². The molecule has 0 radical (unpaired) electrons. The third kappa shape index (κ3) is 4.36. The van der Waals surface area contributed by atoms with Crippen LogP contribution < -0.4 is 10.2 Å². The van der Waals surface area contributed by atoms with E-state index in [-0.39, 0.29) is 5.56 Å². The van der Waals surface area contributed by atoms with Crippen LogP contribution in [0, 0.1) is 11.3 Å². The number of pyridine rings is 1. The predicted octanol–water partition coefficient (Wildman–Crippen LogP) is 4.95. The van der Waals surface area contributed by atoms with Crippen LogP contribution in [0.25, 0.3) is 0 Å². The minimum absolute atomic E-state index is 0.241. The van der Waals surface area contributed by atoms with Gasteiger partial charge in [0.05, 0.1) is 29.1 Å². The fraction of sp³-hybridized carbons (Fsp3) is 0.240. The summed E-state index contributed by atoms with van der Waals surface area (Å²) in [5.41, 5.74) is 6.24. The van der Waals surface area contributed by atoms with E-state index < -0.39 is 5.97 Å². The first kappa shape index (κ1) is 20.4. The van der Waals surface area contributed by atoms with Gasteiger partial charge in [0.25, 0.3) is 0 Å². The van der Waals surface area contributed by atoms with Crippen LogP contribution in [0.1, 0.15) is 45.8 Å². The monoisotopic (exact) mass is 412 g/mol. The first-order valence-electron chi connectivity index (χ1n) is 10.3. The first-order chi connectivity index (χ1) is 15.1. The molecule has 1 heterocycles. The second-order valence-electron chi connectivity index (χ2n) is 7.80. The van der Waals surface area contributed by atoms with E-state index in [9.17, 15) is 9.90 Å². The van der Waals surface area contributed by atoms with Crippen LogP contribution in [0.5, 0.6) is 0 Å². The van der Waals surface area contributed by atoms with Gasteiger partial charge < -0.3 is 15.3 Å². The number of rotatable bonds is 6. The average Bonchev–Trinajstić information content (AvgIpc) is 2.82. The molecular weight excluding hydrogens is 388 g/mol. The lowest BCUT2D eigenvalue weighted by Gasteiger charge is -2.28. The number of aromatic nitrogens is 1. The zero-order valence-electron chi connectivity index (χ0n) is 17.4. The van der Waals surface area contributed by atoms with E-state index in [1.165, 1.54) is 23.4 Å². The molecule has 1 aromatic heterocycles. The summed E-state index contributed by atoms with van der Waals surface area (Å²) in [7, 11) is 2.03. The van der Waals surface area contributed by atoms with Crippen molar-refractivity contribution in [2.24, 2.45) is 0 Å². The van der Waals surface area contributed by atoms with Gasteiger partial charge in [0.15, 0.2) is 0 Å². The smallest absolute Gasteiger partial charge is 0.337 e. The lowest BCUT2D eigenvalue weighted by molar-refractivity contribution is 0.0697. The van der Waals surface area contributed by atoms with Gasteiger partial charge in [-0.05, 0) is 72.9 Å². The Morgan fingerprint density at radius 3 is 2.74 bits per heavy atom. The largest absolute Gasteiger partial charge is 0.478 e. The molecule has 2 N–H and O–H groups in total.